The van der Waals surface area contributed by atoms with Crippen molar-refractivity contribution in [3.05, 3.63) is 29.8 Å². The molecular weight excluding hydrogens is 194 g/mol. The first-order valence-electron chi connectivity index (χ1n) is 4.53. The number of carbonyl (C=O) groups is 1. The Morgan fingerprint density at radius 3 is 2.60 bits per heavy atom. The highest BCUT2D eigenvalue weighted by Crippen LogP contribution is 2.15. The molecule has 7 N–H and O–H groups in total. The molecule has 1 aromatic rings. The Morgan fingerprint density at radius 2 is 2.00 bits per heavy atom. The van der Waals surface area contributed by atoms with E-state index in [1.54, 1.807) is 24.3 Å². The van der Waals surface area contributed by atoms with Crippen LogP contribution in [0.5, 0.6) is 0 Å². The van der Waals surface area contributed by atoms with Crippen LogP contribution in [0.1, 0.15) is 10.4 Å². The van der Waals surface area contributed by atoms with Gasteiger partial charge in [-0.05, 0) is 12.1 Å². The van der Waals surface area contributed by atoms with Gasteiger partial charge in [0.1, 0.15) is 0 Å². The van der Waals surface area contributed by atoms with Gasteiger partial charge in [0.15, 0.2) is 0 Å². The topological polar surface area (TPSA) is 110 Å². The van der Waals surface area contributed by atoms with Gasteiger partial charge in [0, 0.05) is 13.1 Å². The molecule has 0 unspecified atom stereocenters. The van der Waals surface area contributed by atoms with Crippen LogP contribution >= 0.6 is 0 Å². The van der Waals surface area contributed by atoms with E-state index >= 15 is 0 Å². The largest absolute Gasteiger partial charge is 0.351 e. The molecular formula is C9H15N5O. The van der Waals surface area contributed by atoms with Crippen molar-refractivity contribution in [2.75, 3.05) is 18.2 Å². The molecule has 0 bridgehead atoms. The van der Waals surface area contributed by atoms with Crippen molar-refractivity contribution in [3.63, 3.8) is 0 Å². The molecule has 6 nitrogen and oxygen atoms in total. The lowest BCUT2D eigenvalue weighted by Gasteiger charge is -2.15. The van der Waals surface area contributed by atoms with Gasteiger partial charge in [-0.15, -0.1) is 0 Å². The van der Waals surface area contributed by atoms with Gasteiger partial charge in [0.2, 0.25) is 0 Å². The SMILES string of the molecule is NCCNC(=O)c1ccccc1N(N)N. The van der Waals surface area contributed by atoms with E-state index < -0.39 is 0 Å². The minimum Gasteiger partial charge on any atom is -0.351 e. The molecule has 0 saturated carbocycles. The van der Waals surface area contributed by atoms with Gasteiger partial charge in [-0.25, -0.2) is 16.8 Å². The standard InChI is InChI=1S/C9H15N5O/c10-5-6-13-9(15)7-3-1-2-4-8(7)14(11)12/h1-4H,5-6,10-12H2,(H,13,15). The number of anilines is 1. The predicted octanol–water partition coefficient (Wildman–Crippen LogP) is -1.07. The maximum absolute atomic E-state index is 11.6. The quantitative estimate of drug-likeness (QED) is 0.373. The lowest BCUT2D eigenvalue weighted by atomic mass is 10.1. The molecule has 0 aliphatic rings. The maximum atomic E-state index is 11.6. The number of amides is 1. The Morgan fingerprint density at radius 1 is 1.33 bits per heavy atom. The van der Waals surface area contributed by atoms with Crippen LogP contribution in [-0.2, 0) is 0 Å². The Hall–Kier alpha value is -1.63. The minimum atomic E-state index is -0.239. The van der Waals surface area contributed by atoms with Gasteiger partial charge in [0.05, 0.1) is 11.3 Å². The summed E-state index contributed by atoms with van der Waals surface area (Å²) in [7, 11) is 0. The van der Waals surface area contributed by atoms with Crippen LogP contribution in [0.25, 0.3) is 0 Å². The third-order valence-corrected chi connectivity index (χ3v) is 1.86. The molecule has 0 saturated heterocycles. The van der Waals surface area contributed by atoms with E-state index in [2.05, 4.69) is 5.32 Å². The summed E-state index contributed by atoms with van der Waals surface area (Å²) in [5.41, 5.74) is 6.17. The number of carbonyl (C=O) groups excluding carboxylic acids is 1. The van der Waals surface area contributed by atoms with Gasteiger partial charge in [-0.2, -0.15) is 0 Å². The van der Waals surface area contributed by atoms with Crippen LogP contribution in [0, 0.1) is 0 Å². The summed E-state index contributed by atoms with van der Waals surface area (Å²) in [6.07, 6.45) is 0. The van der Waals surface area contributed by atoms with E-state index in [0.29, 0.717) is 24.3 Å². The number of nitrogens with one attached hydrogen (secondary N) is 1. The average Bonchev–Trinajstić information content (AvgIpc) is 2.25. The van der Waals surface area contributed by atoms with Gasteiger partial charge in [-0.1, -0.05) is 12.1 Å². The van der Waals surface area contributed by atoms with Crippen LogP contribution in [0.15, 0.2) is 24.3 Å². The molecule has 0 aliphatic carbocycles. The van der Waals surface area contributed by atoms with E-state index in [-0.39, 0.29) is 5.91 Å². The number of hydrogen-bond donors (Lipinski definition) is 4. The molecule has 0 aliphatic heterocycles. The fourth-order valence-electron chi connectivity index (χ4n) is 1.17. The smallest absolute Gasteiger partial charge is 0.253 e. The van der Waals surface area contributed by atoms with Gasteiger partial charge < -0.3 is 11.1 Å². The molecule has 6 heteroatoms. The van der Waals surface area contributed by atoms with Gasteiger partial charge in [0.25, 0.3) is 5.91 Å². The zero-order valence-corrected chi connectivity index (χ0v) is 8.31. The van der Waals surface area contributed by atoms with Crippen molar-refractivity contribution in [1.82, 2.24) is 5.32 Å². The van der Waals surface area contributed by atoms with Crippen molar-refractivity contribution < 1.29 is 4.79 Å². The molecule has 82 valence electrons. The lowest BCUT2D eigenvalue weighted by molar-refractivity contribution is 0.0955. The summed E-state index contributed by atoms with van der Waals surface area (Å²) >= 11 is 0. The molecule has 0 heterocycles. The molecule has 0 fully saturated rings. The predicted molar refractivity (Wildman–Crippen MR) is 58.7 cm³/mol. The molecule has 0 radical (unpaired) electrons. The average molecular weight is 209 g/mol. The molecule has 15 heavy (non-hydrogen) atoms. The summed E-state index contributed by atoms with van der Waals surface area (Å²) in [5.74, 6) is 10.5. The van der Waals surface area contributed by atoms with Crippen LogP contribution in [0.3, 0.4) is 0 Å². The van der Waals surface area contributed by atoms with Crippen LogP contribution in [0.4, 0.5) is 5.69 Å². The monoisotopic (exact) mass is 209 g/mol. The van der Waals surface area contributed by atoms with E-state index in [1.165, 1.54) is 0 Å². The lowest BCUT2D eigenvalue weighted by Crippen LogP contribution is -2.40. The normalized spacial score (nSPS) is 9.80. The second-order valence-corrected chi connectivity index (χ2v) is 2.97. The molecule has 0 spiro atoms. The first kappa shape index (κ1) is 11.4. The molecule has 1 amide bonds. The van der Waals surface area contributed by atoms with Crippen molar-refractivity contribution in [3.8, 4) is 0 Å². The summed E-state index contributed by atoms with van der Waals surface area (Å²) < 4.78 is 0. The number of nitrogens with two attached hydrogens (primary N) is 3. The number of hydrazine groups is 2. The van der Waals surface area contributed by atoms with Crippen molar-refractivity contribution in [2.24, 2.45) is 17.4 Å². The Balaban J connectivity index is 2.87. The van der Waals surface area contributed by atoms with Crippen LogP contribution in [-0.4, -0.2) is 19.0 Å². The molecule has 1 aromatic carbocycles. The van der Waals surface area contributed by atoms with Crippen LogP contribution in [0.2, 0.25) is 0 Å². The zero-order valence-electron chi connectivity index (χ0n) is 8.31. The Bertz CT molecular complexity index is 339. The Kier molecular flexibility index (Phi) is 4.04. The molecule has 1 rings (SSSR count). The third kappa shape index (κ3) is 2.91. The third-order valence-electron chi connectivity index (χ3n) is 1.86. The molecule has 0 atom stereocenters. The molecule has 0 aromatic heterocycles. The van der Waals surface area contributed by atoms with Gasteiger partial charge in [-0.3, -0.25) is 4.79 Å². The number of hydrogen-bond acceptors (Lipinski definition) is 5. The van der Waals surface area contributed by atoms with Gasteiger partial charge >= 0.3 is 0 Å². The maximum Gasteiger partial charge on any atom is 0.253 e. The van der Waals surface area contributed by atoms with Crippen molar-refractivity contribution in [2.45, 2.75) is 0 Å². The van der Waals surface area contributed by atoms with E-state index in [9.17, 15) is 4.79 Å². The van der Waals surface area contributed by atoms with E-state index in [4.69, 9.17) is 17.4 Å². The number of nitrogens with zero attached hydrogens (tertiary/aromatic N) is 1. The second kappa shape index (κ2) is 5.30. The highest BCUT2D eigenvalue weighted by Gasteiger charge is 2.11. The first-order valence-corrected chi connectivity index (χ1v) is 4.53. The first-order chi connectivity index (χ1) is 7.16. The summed E-state index contributed by atoms with van der Waals surface area (Å²) in [6.45, 7) is 0.811. The summed E-state index contributed by atoms with van der Waals surface area (Å²) in [4.78, 5) is 11.6. The van der Waals surface area contributed by atoms with E-state index in [1.807, 2.05) is 0 Å². The zero-order chi connectivity index (χ0) is 11.3. The minimum absolute atomic E-state index is 0.239. The number of benzene rings is 1. The van der Waals surface area contributed by atoms with Crippen LogP contribution < -0.4 is 27.9 Å². The fourth-order valence-corrected chi connectivity index (χ4v) is 1.17. The fraction of sp³-hybridized carbons (Fsp3) is 0.222. The number of para-hydroxylation sites is 1. The number of rotatable bonds is 4. The highest BCUT2D eigenvalue weighted by atomic mass is 16.1. The van der Waals surface area contributed by atoms with E-state index in [0.717, 1.165) is 5.12 Å². The van der Waals surface area contributed by atoms with Crippen molar-refractivity contribution >= 4 is 11.6 Å². The Labute approximate surface area is 88.0 Å². The van der Waals surface area contributed by atoms with Crippen molar-refractivity contribution in [1.29, 1.82) is 0 Å². The summed E-state index contributed by atoms with van der Waals surface area (Å²) in [6, 6.07) is 6.80. The second-order valence-electron chi connectivity index (χ2n) is 2.97. The highest BCUT2D eigenvalue weighted by molar-refractivity contribution is 5.99. The summed E-state index contributed by atoms with van der Waals surface area (Å²) in [5, 5.41) is 3.56.